The van der Waals surface area contributed by atoms with E-state index in [9.17, 15) is 0 Å². The van der Waals surface area contributed by atoms with Gasteiger partial charge < -0.3 is 5.32 Å². The van der Waals surface area contributed by atoms with Crippen molar-refractivity contribution in [1.82, 2.24) is 15.0 Å². The van der Waals surface area contributed by atoms with Crippen molar-refractivity contribution in [3.8, 4) is 0 Å². The molecule has 0 radical (unpaired) electrons. The predicted octanol–water partition coefficient (Wildman–Crippen LogP) is 3.42. The molecule has 17 heavy (non-hydrogen) atoms. The Bertz CT molecular complexity index is 263. The third-order valence-electron chi connectivity index (χ3n) is 2.81. The Balaban J connectivity index is 1.85. The molecule has 4 nitrogen and oxygen atoms in total. The predicted molar refractivity (Wildman–Crippen MR) is 70.9 cm³/mol. The summed E-state index contributed by atoms with van der Waals surface area (Å²) in [5, 5.41) is 3.19. The van der Waals surface area contributed by atoms with Crippen LogP contribution in [0.25, 0.3) is 0 Å². The summed E-state index contributed by atoms with van der Waals surface area (Å²) in [5.74, 6) is 0.683. The van der Waals surface area contributed by atoms with Crippen LogP contribution in [0.5, 0.6) is 0 Å². The number of nitrogens with one attached hydrogen (secondary N) is 1. The molecule has 0 unspecified atom stereocenters. The first-order valence-corrected chi connectivity index (χ1v) is 6.79. The first-order chi connectivity index (χ1) is 8.43. The van der Waals surface area contributed by atoms with Crippen molar-refractivity contribution in [1.29, 1.82) is 0 Å². The van der Waals surface area contributed by atoms with Crippen molar-refractivity contribution in [2.45, 2.75) is 58.3 Å². The van der Waals surface area contributed by atoms with E-state index in [1.807, 2.05) is 0 Å². The molecule has 4 heteroatoms. The zero-order valence-electron chi connectivity index (χ0n) is 10.9. The third kappa shape index (κ3) is 7.66. The van der Waals surface area contributed by atoms with E-state index in [0.29, 0.717) is 5.95 Å². The highest BCUT2D eigenvalue weighted by molar-refractivity contribution is 5.19. The minimum atomic E-state index is 0.683. The summed E-state index contributed by atoms with van der Waals surface area (Å²) in [6.07, 6.45) is 13.8. The number of anilines is 1. The van der Waals surface area contributed by atoms with E-state index in [2.05, 4.69) is 27.2 Å². The van der Waals surface area contributed by atoms with Gasteiger partial charge in [0.05, 0.1) is 0 Å². The summed E-state index contributed by atoms with van der Waals surface area (Å²) in [4.78, 5) is 11.8. The van der Waals surface area contributed by atoms with Crippen molar-refractivity contribution in [3.05, 3.63) is 12.7 Å². The van der Waals surface area contributed by atoms with E-state index in [4.69, 9.17) is 0 Å². The Morgan fingerprint density at radius 1 is 0.882 bits per heavy atom. The van der Waals surface area contributed by atoms with Crippen LogP contribution in [0.15, 0.2) is 12.7 Å². The lowest BCUT2D eigenvalue weighted by molar-refractivity contribution is 0.580. The van der Waals surface area contributed by atoms with Crippen molar-refractivity contribution >= 4 is 5.95 Å². The maximum absolute atomic E-state index is 4.01. The molecule has 1 aromatic rings. The first kappa shape index (κ1) is 13.9. The number of rotatable bonds is 10. The van der Waals surface area contributed by atoms with Crippen LogP contribution in [0, 0.1) is 0 Å². The molecule has 96 valence electrons. The molecule has 0 fully saturated rings. The molecule has 0 aliphatic rings. The Labute approximate surface area is 104 Å². The molecule has 0 saturated carbocycles. The van der Waals surface area contributed by atoms with Gasteiger partial charge in [0.1, 0.15) is 12.7 Å². The van der Waals surface area contributed by atoms with Crippen molar-refractivity contribution < 1.29 is 0 Å². The Morgan fingerprint density at radius 3 is 2.12 bits per heavy atom. The second-order valence-corrected chi connectivity index (χ2v) is 4.36. The Morgan fingerprint density at radius 2 is 1.47 bits per heavy atom. The van der Waals surface area contributed by atoms with Crippen LogP contribution < -0.4 is 5.32 Å². The van der Waals surface area contributed by atoms with Gasteiger partial charge in [0.25, 0.3) is 0 Å². The second-order valence-electron chi connectivity index (χ2n) is 4.36. The van der Waals surface area contributed by atoms with E-state index in [-0.39, 0.29) is 0 Å². The van der Waals surface area contributed by atoms with Crippen LogP contribution >= 0.6 is 0 Å². The van der Waals surface area contributed by atoms with Crippen LogP contribution in [0.1, 0.15) is 58.3 Å². The fourth-order valence-corrected chi connectivity index (χ4v) is 1.79. The lowest BCUT2D eigenvalue weighted by atomic mass is 10.1. The summed E-state index contributed by atoms with van der Waals surface area (Å²) >= 11 is 0. The molecule has 0 saturated heterocycles. The molecular weight excluding hydrogens is 212 g/mol. The molecule has 0 aliphatic carbocycles. The van der Waals surface area contributed by atoms with E-state index in [1.54, 1.807) is 0 Å². The highest BCUT2D eigenvalue weighted by Gasteiger charge is 1.94. The molecule has 1 N–H and O–H groups in total. The minimum absolute atomic E-state index is 0.683. The second kappa shape index (κ2) is 10.00. The molecule has 0 aromatic carbocycles. The van der Waals surface area contributed by atoms with Gasteiger partial charge in [0.2, 0.25) is 5.95 Å². The molecule has 1 heterocycles. The highest BCUT2D eigenvalue weighted by atomic mass is 15.1. The zero-order chi connectivity index (χ0) is 12.2. The average Bonchev–Trinajstić information content (AvgIpc) is 2.38. The van der Waals surface area contributed by atoms with E-state index in [1.165, 1.54) is 64.0 Å². The molecule has 0 atom stereocenters. The number of aromatic nitrogens is 3. The average molecular weight is 236 g/mol. The topological polar surface area (TPSA) is 50.7 Å². The van der Waals surface area contributed by atoms with Gasteiger partial charge in [0.15, 0.2) is 0 Å². The summed E-state index contributed by atoms with van der Waals surface area (Å²) in [5.41, 5.74) is 0. The third-order valence-corrected chi connectivity index (χ3v) is 2.81. The van der Waals surface area contributed by atoms with Crippen molar-refractivity contribution in [2.75, 3.05) is 11.9 Å². The van der Waals surface area contributed by atoms with Crippen LogP contribution in [0.3, 0.4) is 0 Å². The van der Waals surface area contributed by atoms with Crippen LogP contribution in [0.2, 0.25) is 0 Å². The van der Waals surface area contributed by atoms with Crippen molar-refractivity contribution in [2.24, 2.45) is 0 Å². The minimum Gasteiger partial charge on any atom is -0.354 e. The van der Waals surface area contributed by atoms with Gasteiger partial charge in [-0.1, -0.05) is 51.9 Å². The molecular formula is C13H24N4. The molecule has 1 rings (SSSR count). The lowest BCUT2D eigenvalue weighted by Gasteiger charge is -2.03. The maximum atomic E-state index is 4.01. The molecule has 0 bridgehead atoms. The molecule has 1 aromatic heterocycles. The Kier molecular flexibility index (Phi) is 8.16. The molecule has 0 spiro atoms. The standard InChI is InChI=1S/C13H24N4/c1-2-3-4-5-6-7-8-9-10-15-13-16-11-14-12-17-13/h11-12H,2-10H2,1H3,(H,14,15,16,17). The normalized spacial score (nSPS) is 10.4. The van der Waals surface area contributed by atoms with Gasteiger partial charge in [-0.15, -0.1) is 0 Å². The smallest absolute Gasteiger partial charge is 0.225 e. The first-order valence-electron chi connectivity index (χ1n) is 6.79. The van der Waals surface area contributed by atoms with Gasteiger partial charge >= 0.3 is 0 Å². The van der Waals surface area contributed by atoms with Crippen molar-refractivity contribution in [3.63, 3.8) is 0 Å². The van der Waals surface area contributed by atoms with Gasteiger partial charge in [-0.3, -0.25) is 0 Å². The zero-order valence-corrected chi connectivity index (χ0v) is 10.9. The largest absolute Gasteiger partial charge is 0.354 e. The molecule has 0 amide bonds. The van der Waals surface area contributed by atoms with Crippen LogP contribution in [0.4, 0.5) is 5.95 Å². The summed E-state index contributed by atoms with van der Waals surface area (Å²) < 4.78 is 0. The van der Waals surface area contributed by atoms with Crippen LogP contribution in [-0.4, -0.2) is 21.5 Å². The Hall–Kier alpha value is -1.19. The fraction of sp³-hybridized carbons (Fsp3) is 0.769. The van der Waals surface area contributed by atoms with E-state index >= 15 is 0 Å². The van der Waals surface area contributed by atoms with Crippen LogP contribution in [-0.2, 0) is 0 Å². The highest BCUT2D eigenvalue weighted by Crippen LogP contribution is 2.08. The van der Waals surface area contributed by atoms with E-state index in [0.717, 1.165) is 6.54 Å². The van der Waals surface area contributed by atoms with E-state index < -0.39 is 0 Å². The van der Waals surface area contributed by atoms with Gasteiger partial charge in [-0.05, 0) is 6.42 Å². The number of hydrogen-bond donors (Lipinski definition) is 1. The lowest BCUT2D eigenvalue weighted by Crippen LogP contribution is -2.05. The summed E-state index contributed by atoms with van der Waals surface area (Å²) in [6.45, 7) is 3.21. The van der Waals surface area contributed by atoms with Gasteiger partial charge in [0, 0.05) is 6.54 Å². The summed E-state index contributed by atoms with van der Waals surface area (Å²) in [7, 11) is 0. The number of unbranched alkanes of at least 4 members (excludes halogenated alkanes) is 7. The molecule has 0 aliphatic heterocycles. The number of hydrogen-bond acceptors (Lipinski definition) is 4. The quantitative estimate of drug-likeness (QED) is 0.632. The maximum Gasteiger partial charge on any atom is 0.225 e. The monoisotopic (exact) mass is 236 g/mol. The van der Waals surface area contributed by atoms with Gasteiger partial charge in [-0.2, -0.15) is 0 Å². The SMILES string of the molecule is CCCCCCCCCCNc1ncncn1. The summed E-state index contributed by atoms with van der Waals surface area (Å²) in [6, 6.07) is 0. The number of nitrogens with zero attached hydrogens (tertiary/aromatic N) is 3. The fourth-order valence-electron chi connectivity index (χ4n) is 1.79. The van der Waals surface area contributed by atoms with Gasteiger partial charge in [-0.25, -0.2) is 15.0 Å².